The van der Waals surface area contributed by atoms with Gasteiger partial charge in [0, 0.05) is 16.8 Å². The Bertz CT molecular complexity index is 1190. The zero-order chi connectivity index (χ0) is 20.3. The van der Waals surface area contributed by atoms with E-state index in [-0.39, 0.29) is 11.1 Å². The molecule has 0 aliphatic heterocycles. The minimum atomic E-state index is -0.320. The van der Waals surface area contributed by atoms with Crippen molar-refractivity contribution < 1.29 is 0 Å². The summed E-state index contributed by atoms with van der Waals surface area (Å²) in [6.07, 6.45) is 1.72. The maximum absolute atomic E-state index is 13.2. The average Bonchev–Trinajstić information content (AvgIpc) is 2.72. The van der Waals surface area contributed by atoms with Gasteiger partial charge in [0.1, 0.15) is 11.6 Å². The van der Waals surface area contributed by atoms with E-state index in [1.165, 1.54) is 0 Å². The van der Waals surface area contributed by atoms with E-state index in [0.29, 0.717) is 11.3 Å². The summed E-state index contributed by atoms with van der Waals surface area (Å²) < 4.78 is 1.63. The number of aromatic nitrogens is 1. The van der Waals surface area contributed by atoms with Crippen molar-refractivity contribution in [1.82, 2.24) is 4.57 Å². The van der Waals surface area contributed by atoms with Gasteiger partial charge in [-0.3, -0.25) is 9.36 Å². The summed E-state index contributed by atoms with van der Waals surface area (Å²) in [6, 6.07) is 19.2. The lowest BCUT2D eigenvalue weighted by Crippen LogP contribution is -2.27. The van der Waals surface area contributed by atoms with Crippen molar-refractivity contribution in [3.05, 3.63) is 86.8 Å². The van der Waals surface area contributed by atoms with Crippen molar-refractivity contribution in [2.24, 2.45) is 0 Å². The Morgan fingerprint density at radius 1 is 0.929 bits per heavy atom. The lowest BCUT2D eigenvalue weighted by atomic mass is 9.96. The van der Waals surface area contributed by atoms with Crippen molar-refractivity contribution in [2.45, 2.75) is 33.6 Å². The van der Waals surface area contributed by atoms with E-state index in [1.54, 1.807) is 10.6 Å². The van der Waals surface area contributed by atoms with E-state index < -0.39 is 0 Å². The molecule has 28 heavy (non-hydrogen) atoms. The first-order chi connectivity index (χ1) is 13.5. The van der Waals surface area contributed by atoms with Crippen LogP contribution in [0.25, 0.3) is 16.8 Å². The molecule has 4 heteroatoms. The van der Waals surface area contributed by atoms with Gasteiger partial charge in [-0.15, -0.1) is 0 Å². The third kappa shape index (κ3) is 3.10. The molecule has 0 unspecified atom stereocenters. The number of benzene rings is 2. The number of para-hydroxylation sites is 1. The Morgan fingerprint density at radius 3 is 2.21 bits per heavy atom. The van der Waals surface area contributed by atoms with Gasteiger partial charge in [-0.2, -0.15) is 10.5 Å². The monoisotopic (exact) mass is 367 g/mol. The molecule has 0 amide bonds. The number of hydrogen-bond acceptors (Lipinski definition) is 3. The Labute approximate surface area is 164 Å². The van der Waals surface area contributed by atoms with Crippen LogP contribution in [-0.4, -0.2) is 4.57 Å². The lowest BCUT2D eigenvalue weighted by molar-refractivity contribution is 0.835. The van der Waals surface area contributed by atoms with Crippen molar-refractivity contribution in [1.29, 1.82) is 10.5 Å². The van der Waals surface area contributed by atoms with Gasteiger partial charge >= 0.3 is 0 Å². The standard InChI is InChI=1S/C24H21N3O/c1-4-9-19-16(2)22(15-26)24(28)27(17(19)3)23-13-8-7-12-21(23)20-11-6-5-10-18(20)14-25/h5-8,10-13H,4,9H2,1-3H3. The maximum atomic E-state index is 13.2. The van der Waals surface area contributed by atoms with Crippen LogP contribution >= 0.6 is 0 Å². The summed E-state index contributed by atoms with van der Waals surface area (Å²) in [5.41, 5.74) is 5.27. The topological polar surface area (TPSA) is 69.6 Å². The normalized spacial score (nSPS) is 10.3. The number of rotatable bonds is 4. The van der Waals surface area contributed by atoms with Crippen LogP contribution < -0.4 is 5.56 Å². The van der Waals surface area contributed by atoms with Gasteiger partial charge < -0.3 is 0 Å². The summed E-state index contributed by atoms with van der Waals surface area (Å²) in [5.74, 6) is 0. The highest BCUT2D eigenvalue weighted by molar-refractivity contribution is 5.78. The summed E-state index contributed by atoms with van der Waals surface area (Å²) >= 11 is 0. The number of nitrogens with zero attached hydrogens (tertiary/aromatic N) is 3. The molecule has 0 saturated carbocycles. The van der Waals surface area contributed by atoms with E-state index in [4.69, 9.17) is 0 Å². The van der Waals surface area contributed by atoms with Crippen LogP contribution in [0.4, 0.5) is 0 Å². The van der Waals surface area contributed by atoms with Crippen LogP contribution in [0.15, 0.2) is 53.3 Å². The first kappa shape index (κ1) is 19.1. The summed E-state index contributed by atoms with van der Waals surface area (Å²) in [7, 11) is 0. The van der Waals surface area contributed by atoms with Crippen LogP contribution in [0.1, 0.15) is 41.3 Å². The molecule has 0 atom stereocenters. The molecule has 0 saturated heterocycles. The van der Waals surface area contributed by atoms with E-state index in [9.17, 15) is 15.3 Å². The number of hydrogen-bond donors (Lipinski definition) is 0. The van der Waals surface area contributed by atoms with Gasteiger partial charge in [-0.05, 0) is 43.5 Å². The second-order valence-corrected chi connectivity index (χ2v) is 6.74. The van der Waals surface area contributed by atoms with Crippen LogP contribution in [0.3, 0.4) is 0 Å². The molecule has 0 aliphatic rings. The molecule has 2 aromatic carbocycles. The van der Waals surface area contributed by atoms with Crippen molar-refractivity contribution in [3.8, 4) is 29.0 Å². The van der Waals surface area contributed by atoms with E-state index in [2.05, 4.69) is 19.1 Å². The van der Waals surface area contributed by atoms with Crippen LogP contribution in [0.5, 0.6) is 0 Å². The first-order valence-corrected chi connectivity index (χ1v) is 9.29. The van der Waals surface area contributed by atoms with Crippen molar-refractivity contribution >= 4 is 0 Å². The molecule has 0 aliphatic carbocycles. The highest BCUT2D eigenvalue weighted by Crippen LogP contribution is 2.30. The van der Waals surface area contributed by atoms with Gasteiger partial charge in [0.25, 0.3) is 5.56 Å². The van der Waals surface area contributed by atoms with Gasteiger partial charge in [0.2, 0.25) is 0 Å². The molecule has 1 heterocycles. The molecule has 1 aromatic heterocycles. The molecule has 3 aromatic rings. The van der Waals surface area contributed by atoms with Gasteiger partial charge in [0.15, 0.2) is 0 Å². The zero-order valence-corrected chi connectivity index (χ0v) is 16.3. The maximum Gasteiger partial charge on any atom is 0.273 e. The Hall–Kier alpha value is -3.63. The second-order valence-electron chi connectivity index (χ2n) is 6.74. The highest BCUT2D eigenvalue weighted by atomic mass is 16.1. The predicted molar refractivity (Wildman–Crippen MR) is 110 cm³/mol. The minimum Gasteiger partial charge on any atom is -0.280 e. The molecular weight excluding hydrogens is 346 g/mol. The van der Waals surface area contributed by atoms with Gasteiger partial charge in [-0.1, -0.05) is 49.7 Å². The Balaban J connectivity index is 2.42. The van der Waals surface area contributed by atoms with Crippen LogP contribution in [-0.2, 0) is 6.42 Å². The molecule has 0 bridgehead atoms. The van der Waals surface area contributed by atoms with Crippen molar-refractivity contribution in [2.75, 3.05) is 0 Å². The number of nitriles is 2. The smallest absolute Gasteiger partial charge is 0.273 e. The Morgan fingerprint density at radius 2 is 1.57 bits per heavy atom. The Kier molecular flexibility index (Phi) is 5.43. The largest absolute Gasteiger partial charge is 0.280 e. The van der Waals surface area contributed by atoms with Gasteiger partial charge in [-0.25, -0.2) is 0 Å². The molecule has 0 spiro atoms. The van der Waals surface area contributed by atoms with E-state index in [0.717, 1.165) is 40.8 Å². The number of pyridine rings is 1. The third-order valence-corrected chi connectivity index (χ3v) is 5.11. The average molecular weight is 367 g/mol. The fourth-order valence-electron chi connectivity index (χ4n) is 3.73. The molecule has 0 radical (unpaired) electrons. The van der Waals surface area contributed by atoms with E-state index >= 15 is 0 Å². The highest BCUT2D eigenvalue weighted by Gasteiger charge is 2.20. The van der Waals surface area contributed by atoms with Gasteiger partial charge in [0.05, 0.1) is 17.3 Å². The quantitative estimate of drug-likeness (QED) is 0.664. The molecule has 4 nitrogen and oxygen atoms in total. The minimum absolute atomic E-state index is 0.178. The molecule has 138 valence electrons. The molecule has 0 N–H and O–H groups in total. The van der Waals surface area contributed by atoms with Crippen LogP contribution in [0, 0.1) is 36.5 Å². The summed E-state index contributed by atoms with van der Waals surface area (Å²) in [4.78, 5) is 13.2. The SMILES string of the molecule is CCCc1c(C)c(C#N)c(=O)n(-c2ccccc2-c2ccccc2C#N)c1C. The second kappa shape index (κ2) is 7.94. The molecular formula is C24H21N3O. The lowest BCUT2D eigenvalue weighted by Gasteiger charge is -2.20. The summed E-state index contributed by atoms with van der Waals surface area (Å²) in [5, 5.41) is 19.1. The fraction of sp³-hybridized carbons (Fsp3) is 0.208. The fourth-order valence-corrected chi connectivity index (χ4v) is 3.73. The third-order valence-electron chi connectivity index (χ3n) is 5.11. The summed E-state index contributed by atoms with van der Waals surface area (Å²) in [6.45, 7) is 5.85. The van der Waals surface area contributed by atoms with Crippen molar-refractivity contribution in [3.63, 3.8) is 0 Å². The molecule has 3 rings (SSSR count). The predicted octanol–water partition coefficient (Wildman–Crippen LogP) is 4.82. The first-order valence-electron chi connectivity index (χ1n) is 9.29. The van der Waals surface area contributed by atoms with E-state index in [1.807, 2.05) is 56.3 Å². The zero-order valence-electron chi connectivity index (χ0n) is 16.3. The van der Waals surface area contributed by atoms with Crippen LogP contribution in [0.2, 0.25) is 0 Å². The molecule has 0 fully saturated rings.